The van der Waals surface area contributed by atoms with Crippen molar-refractivity contribution in [3.8, 4) is 0 Å². The SMILES string of the molecule is O=c1ccn([C@@H]2O[C@H](CO)[C@H](O)C2F)c(=S)[nH]1. The van der Waals surface area contributed by atoms with Crippen LogP contribution >= 0.6 is 12.2 Å². The number of alkyl halides is 1. The molecule has 4 atom stereocenters. The standard InChI is InChI=1S/C9H11FN2O4S/c10-6-7(15)4(3-13)16-8(6)12-2-1-5(14)11-9(12)17/h1-2,4,6-8,13,15H,3H2,(H,11,14,17)/t4-,6?,7+,8-/m1/s1. The Labute approximate surface area is 100 Å². The van der Waals surface area contributed by atoms with Crippen LogP contribution in [0.15, 0.2) is 17.1 Å². The zero-order chi connectivity index (χ0) is 12.6. The highest BCUT2D eigenvalue weighted by Crippen LogP contribution is 2.31. The van der Waals surface area contributed by atoms with Crippen LogP contribution in [-0.2, 0) is 4.74 Å². The van der Waals surface area contributed by atoms with Gasteiger partial charge in [0, 0.05) is 12.3 Å². The van der Waals surface area contributed by atoms with E-state index in [1.165, 1.54) is 16.8 Å². The average molecular weight is 262 g/mol. The van der Waals surface area contributed by atoms with E-state index < -0.39 is 36.8 Å². The van der Waals surface area contributed by atoms with Crippen LogP contribution in [0.1, 0.15) is 6.23 Å². The maximum absolute atomic E-state index is 13.7. The highest BCUT2D eigenvalue weighted by atomic mass is 32.1. The number of aromatic nitrogens is 2. The van der Waals surface area contributed by atoms with Crippen molar-refractivity contribution in [2.45, 2.75) is 24.6 Å². The predicted octanol–water partition coefficient (Wildman–Crippen LogP) is -0.505. The molecule has 1 unspecified atom stereocenters. The fraction of sp³-hybridized carbons (Fsp3) is 0.556. The third-order valence-corrected chi connectivity index (χ3v) is 2.91. The van der Waals surface area contributed by atoms with Gasteiger partial charge in [-0.1, -0.05) is 0 Å². The van der Waals surface area contributed by atoms with Crippen LogP contribution in [0.2, 0.25) is 0 Å². The van der Waals surface area contributed by atoms with E-state index in [1.807, 2.05) is 0 Å². The summed E-state index contributed by atoms with van der Waals surface area (Å²) >= 11 is 4.86. The smallest absolute Gasteiger partial charge is 0.251 e. The monoisotopic (exact) mass is 262 g/mol. The molecule has 0 bridgehead atoms. The number of rotatable bonds is 2. The van der Waals surface area contributed by atoms with Crippen molar-refractivity contribution in [2.75, 3.05) is 6.61 Å². The van der Waals surface area contributed by atoms with Gasteiger partial charge >= 0.3 is 0 Å². The molecule has 1 fully saturated rings. The third kappa shape index (κ3) is 2.16. The number of aliphatic hydroxyl groups is 2. The van der Waals surface area contributed by atoms with Gasteiger partial charge in [-0.2, -0.15) is 0 Å². The van der Waals surface area contributed by atoms with Crippen molar-refractivity contribution in [2.24, 2.45) is 0 Å². The number of aromatic amines is 1. The lowest BCUT2D eigenvalue weighted by molar-refractivity contribution is -0.0484. The molecule has 6 nitrogen and oxygen atoms in total. The van der Waals surface area contributed by atoms with E-state index in [1.54, 1.807) is 0 Å². The Hall–Kier alpha value is -1.09. The number of hydrogen-bond acceptors (Lipinski definition) is 5. The van der Waals surface area contributed by atoms with Crippen LogP contribution in [0, 0.1) is 4.77 Å². The van der Waals surface area contributed by atoms with Gasteiger partial charge in [-0.3, -0.25) is 14.3 Å². The van der Waals surface area contributed by atoms with Crippen molar-refractivity contribution in [1.29, 1.82) is 0 Å². The fourth-order valence-electron chi connectivity index (χ4n) is 1.71. The van der Waals surface area contributed by atoms with E-state index in [0.717, 1.165) is 0 Å². The topological polar surface area (TPSA) is 87.5 Å². The summed E-state index contributed by atoms with van der Waals surface area (Å²) in [4.78, 5) is 13.3. The number of halogens is 1. The predicted molar refractivity (Wildman–Crippen MR) is 57.8 cm³/mol. The Kier molecular flexibility index (Phi) is 3.38. The molecule has 17 heavy (non-hydrogen) atoms. The molecule has 1 aromatic heterocycles. The van der Waals surface area contributed by atoms with Crippen LogP contribution in [0.3, 0.4) is 0 Å². The molecular formula is C9H11FN2O4S. The summed E-state index contributed by atoms with van der Waals surface area (Å²) in [5.41, 5.74) is -0.404. The fourth-order valence-corrected chi connectivity index (χ4v) is 1.97. The second-order valence-electron chi connectivity index (χ2n) is 3.70. The lowest BCUT2D eigenvalue weighted by Crippen LogP contribution is -2.30. The zero-order valence-corrected chi connectivity index (χ0v) is 9.43. The van der Waals surface area contributed by atoms with E-state index in [0.29, 0.717) is 0 Å². The van der Waals surface area contributed by atoms with Crippen molar-refractivity contribution < 1.29 is 19.3 Å². The molecule has 0 saturated carbocycles. The zero-order valence-electron chi connectivity index (χ0n) is 8.62. The number of hydrogen-bond donors (Lipinski definition) is 3. The van der Waals surface area contributed by atoms with Gasteiger partial charge in [-0.15, -0.1) is 0 Å². The second-order valence-corrected chi connectivity index (χ2v) is 4.09. The highest BCUT2D eigenvalue weighted by Gasteiger charge is 2.44. The Morgan fingerprint density at radius 1 is 1.65 bits per heavy atom. The summed E-state index contributed by atoms with van der Waals surface area (Å²) < 4.78 is 20.1. The molecule has 0 aliphatic carbocycles. The average Bonchev–Trinajstić information content (AvgIpc) is 2.57. The molecule has 2 rings (SSSR count). The molecule has 2 heterocycles. The largest absolute Gasteiger partial charge is 0.394 e. The molecule has 0 spiro atoms. The van der Waals surface area contributed by atoms with Gasteiger partial charge in [0.05, 0.1) is 6.61 Å². The first-order valence-corrected chi connectivity index (χ1v) is 5.35. The van der Waals surface area contributed by atoms with Crippen LogP contribution in [0.25, 0.3) is 0 Å². The number of ether oxygens (including phenoxy) is 1. The van der Waals surface area contributed by atoms with E-state index in [2.05, 4.69) is 4.98 Å². The lowest BCUT2D eigenvalue weighted by atomic mass is 10.1. The minimum atomic E-state index is -1.72. The summed E-state index contributed by atoms with van der Waals surface area (Å²) in [5, 5.41) is 18.3. The Balaban J connectivity index is 2.35. The molecule has 0 aromatic carbocycles. The van der Waals surface area contributed by atoms with Crippen molar-refractivity contribution in [1.82, 2.24) is 9.55 Å². The first-order chi connectivity index (χ1) is 8.04. The molecule has 3 N–H and O–H groups in total. The number of H-pyrrole nitrogens is 1. The van der Waals surface area contributed by atoms with E-state index in [4.69, 9.17) is 22.1 Å². The number of nitrogens with one attached hydrogen (secondary N) is 1. The van der Waals surface area contributed by atoms with Gasteiger partial charge < -0.3 is 14.9 Å². The minimum Gasteiger partial charge on any atom is -0.394 e. The highest BCUT2D eigenvalue weighted by molar-refractivity contribution is 7.71. The van der Waals surface area contributed by atoms with Crippen LogP contribution in [0.4, 0.5) is 4.39 Å². The summed E-state index contributed by atoms with van der Waals surface area (Å²) in [6.07, 6.45) is -4.00. The van der Waals surface area contributed by atoms with Gasteiger partial charge in [0.2, 0.25) is 0 Å². The maximum Gasteiger partial charge on any atom is 0.251 e. The van der Waals surface area contributed by atoms with Gasteiger partial charge in [0.1, 0.15) is 12.2 Å². The van der Waals surface area contributed by atoms with Gasteiger partial charge in [-0.25, -0.2) is 4.39 Å². The van der Waals surface area contributed by atoms with Gasteiger partial charge in [0.25, 0.3) is 5.56 Å². The first kappa shape index (κ1) is 12.4. The summed E-state index contributed by atoms with van der Waals surface area (Å²) in [6, 6.07) is 1.17. The molecular weight excluding hydrogens is 251 g/mol. The van der Waals surface area contributed by atoms with Crippen LogP contribution < -0.4 is 5.56 Å². The lowest BCUT2D eigenvalue weighted by Gasteiger charge is -2.16. The summed E-state index contributed by atoms with van der Waals surface area (Å²) in [5.74, 6) is 0. The van der Waals surface area contributed by atoms with Crippen molar-refractivity contribution >= 4 is 12.2 Å². The molecule has 0 amide bonds. The van der Waals surface area contributed by atoms with Crippen molar-refractivity contribution in [3.63, 3.8) is 0 Å². The molecule has 1 saturated heterocycles. The van der Waals surface area contributed by atoms with Gasteiger partial charge in [-0.05, 0) is 12.2 Å². The maximum atomic E-state index is 13.7. The molecule has 1 aliphatic rings. The first-order valence-electron chi connectivity index (χ1n) is 4.94. The number of aliphatic hydroxyl groups excluding tert-OH is 2. The molecule has 1 aliphatic heterocycles. The Morgan fingerprint density at radius 2 is 2.35 bits per heavy atom. The molecule has 94 valence electrons. The van der Waals surface area contributed by atoms with E-state index >= 15 is 0 Å². The second kappa shape index (κ2) is 4.65. The van der Waals surface area contributed by atoms with E-state index in [9.17, 15) is 14.3 Å². The molecule has 1 aromatic rings. The number of nitrogens with zero attached hydrogens (tertiary/aromatic N) is 1. The molecule has 0 radical (unpaired) electrons. The Morgan fingerprint density at radius 3 is 2.88 bits per heavy atom. The summed E-state index contributed by atoms with van der Waals surface area (Å²) in [6.45, 7) is -0.491. The van der Waals surface area contributed by atoms with Crippen LogP contribution in [-0.4, -0.2) is 44.8 Å². The quantitative estimate of drug-likeness (QED) is 0.625. The summed E-state index contributed by atoms with van der Waals surface area (Å²) in [7, 11) is 0. The normalized spacial score (nSPS) is 32.9. The van der Waals surface area contributed by atoms with Gasteiger partial charge in [0.15, 0.2) is 17.2 Å². The minimum absolute atomic E-state index is 0.00376. The van der Waals surface area contributed by atoms with E-state index in [-0.39, 0.29) is 4.77 Å². The van der Waals surface area contributed by atoms with Crippen molar-refractivity contribution in [3.05, 3.63) is 27.4 Å². The molecule has 8 heteroatoms. The third-order valence-electron chi connectivity index (χ3n) is 2.60. The Bertz CT molecular complexity index is 516. The van der Waals surface area contributed by atoms with Crippen LogP contribution in [0.5, 0.6) is 0 Å².